The molecule has 1 unspecified atom stereocenters. The van der Waals surface area contributed by atoms with Gasteiger partial charge in [-0.3, -0.25) is 14.7 Å². The monoisotopic (exact) mass is 305 g/mol. The lowest BCUT2D eigenvalue weighted by Crippen LogP contribution is -2.21. The Balaban J connectivity index is 2.10. The maximum atomic E-state index is 12.2. The molecule has 21 heavy (non-hydrogen) atoms. The number of rotatable bonds is 6. The second kappa shape index (κ2) is 6.53. The molecule has 0 bridgehead atoms. The number of aromatic nitrogens is 3. The fourth-order valence-electron chi connectivity index (χ4n) is 1.77. The fourth-order valence-corrected chi connectivity index (χ4v) is 2.58. The van der Waals surface area contributed by atoms with Crippen molar-refractivity contribution in [2.75, 3.05) is 0 Å². The van der Waals surface area contributed by atoms with E-state index in [1.807, 2.05) is 19.9 Å². The first-order chi connectivity index (χ1) is 9.97. The van der Waals surface area contributed by atoms with Crippen molar-refractivity contribution < 1.29 is 14.7 Å². The van der Waals surface area contributed by atoms with Gasteiger partial charge in [-0.1, -0.05) is 23.9 Å². The molecule has 1 heterocycles. The van der Waals surface area contributed by atoms with Crippen LogP contribution in [0.1, 0.15) is 27.9 Å². The number of carbonyl (C=O) groups excluding carboxylic acids is 1. The van der Waals surface area contributed by atoms with Crippen molar-refractivity contribution in [1.29, 1.82) is 0 Å². The highest BCUT2D eigenvalue weighted by atomic mass is 32.2. The van der Waals surface area contributed by atoms with Crippen molar-refractivity contribution in [2.24, 2.45) is 0 Å². The van der Waals surface area contributed by atoms with E-state index in [-0.39, 0.29) is 12.2 Å². The lowest BCUT2D eigenvalue weighted by atomic mass is 10.0. The molecular formula is C14H15N3O3S. The molecule has 7 heteroatoms. The zero-order chi connectivity index (χ0) is 15.4. The average molecular weight is 305 g/mol. The van der Waals surface area contributed by atoms with Crippen LogP contribution in [0, 0.1) is 13.8 Å². The summed E-state index contributed by atoms with van der Waals surface area (Å²) in [4.78, 5) is 27.4. The largest absolute Gasteiger partial charge is 0.480 e. The quantitative estimate of drug-likeness (QED) is 0.627. The molecule has 2 rings (SSSR count). The normalized spacial score (nSPS) is 12.1. The van der Waals surface area contributed by atoms with Gasteiger partial charge >= 0.3 is 5.97 Å². The molecule has 6 nitrogen and oxygen atoms in total. The van der Waals surface area contributed by atoms with Crippen LogP contribution in [0.25, 0.3) is 0 Å². The van der Waals surface area contributed by atoms with E-state index in [9.17, 15) is 14.7 Å². The number of nitrogens with one attached hydrogen (secondary N) is 1. The van der Waals surface area contributed by atoms with Gasteiger partial charge in [-0.05, 0) is 31.0 Å². The number of nitrogens with zero attached hydrogens (tertiary/aromatic N) is 2. The van der Waals surface area contributed by atoms with E-state index < -0.39 is 11.2 Å². The molecule has 0 amide bonds. The van der Waals surface area contributed by atoms with E-state index in [1.54, 1.807) is 12.1 Å². The third kappa shape index (κ3) is 3.91. The number of benzene rings is 1. The molecule has 0 saturated heterocycles. The Morgan fingerprint density at radius 3 is 2.67 bits per heavy atom. The minimum atomic E-state index is -1.05. The highest BCUT2D eigenvalue weighted by molar-refractivity contribution is 8.00. The predicted molar refractivity (Wildman–Crippen MR) is 78.5 cm³/mol. The first-order valence-corrected chi connectivity index (χ1v) is 7.20. The van der Waals surface area contributed by atoms with E-state index in [0.717, 1.165) is 22.9 Å². The summed E-state index contributed by atoms with van der Waals surface area (Å²) in [6, 6.07) is 5.38. The molecular weight excluding hydrogens is 290 g/mol. The predicted octanol–water partition coefficient (Wildman–Crippen LogP) is 2.24. The Labute approximate surface area is 126 Å². The Kier molecular flexibility index (Phi) is 4.74. The van der Waals surface area contributed by atoms with E-state index in [0.29, 0.717) is 10.7 Å². The standard InChI is InChI=1S/C14H15N3O3S/c1-8-3-4-10(5-9(8)2)11(18)6-12(13(19)20)21-14-15-7-16-17-14/h3-5,7,12H,6H2,1-2H3,(H,19,20)(H,15,16,17). The van der Waals surface area contributed by atoms with Gasteiger partial charge in [-0.2, -0.15) is 5.10 Å². The summed E-state index contributed by atoms with van der Waals surface area (Å²) in [6.07, 6.45) is 1.20. The minimum Gasteiger partial charge on any atom is -0.480 e. The van der Waals surface area contributed by atoms with E-state index in [2.05, 4.69) is 15.2 Å². The first-order valence-electron chi connectivity index (χ1n) is 6.32. The highest BCUT2D eigenvalue weighted by Crippen LogP contribution is 2.23. The van der Waals surface area contributed by atoms with Gasteiger partial charge in [-0.15, -0.1) is 0 Å². The van der Waals surface area contributed by atoms with Crippen molar-refractivity contribution in [3.05, 3.63) is 41.2 Å². The van der Waals surface area contributed by atoms with Crippen LogP contribution in [0.5, 0.6) is 0 Å². The van der Waals surface area contributed by atoms with Crippen molar-refractivity contribution in [2.45, 2.75) is 30.7 Å². The zero-order valence-corrected chi connectivity index (χ0v) is 12.5. The third-order valence-electron chi connectivity index (χ3n) is 3.12. The van der Waals surface area contributed by atoms with Gasteiger partial charge in [0.25, 0.3) is 0 Å². The second-order valence-corrected chi connectivity index (χ2v) is 5.85. The summed E-state index contributed by atoms with van der Waals surface area (Å²) in [5.41, 5.74) is 2.63. The fraction of sp³-hybridized carbons (Fsp3) is 0.286. The topological polar surface area (TPSA) is 95.9 Å². The molecule has 2 N–H and O–H groups in total. The second-order valence-electron chi connectivity index (χ2n) is 4.66. The Hall–Kier alpha value is -2.15. The Morgan fingerprint density at radius 2 is 2.10 bits per heavy atom. The molecule has 0 spiro atoms. The maximum absolute atomic E-state index is 12.2. The lowest BCUT2D eigenvalue weighted by molar-refractivity contribution is -0.136. The van der Waals surface area contributed by atoms with Gasteiger partial charge in [0.2, 0.25) is 0 Å². The van der Waals surface area contributed by atoms with E-state index in [4.69, 9.17) is 0 Å². The van der Waals surface area contributed by atoms with Crippen LogP contribution < -0.4 is 0 Å². The number of carboxylic acid groups (broad SMARTS) is 1. The number of thioether (sulfide) groups is 1. The molecule has 1 atom stereocenters. The minimum absolute atomic E-state index is 0.0940. The van der Waals surface area contributed by atoms with Crippen molar-refractivity contribution in [3.8, 4) is 0 Å². The molecule has 0 aliphatic rings. The summed E-state index contributed by atoms with van der Waals surface area (Å²) >= 11 is 0.984. The molecule has 0 saturated carbocycles. The average Bonchev–Trinajstić information content (AvgIpc) is 2.93. The molecule has 0 radical (unpaired) electrons. The lowest BCUT2D eigenvalue weighted by Gasteiger charge is -2.10. The van der Waals surface area contributed by atoms with Crippen molar-refractivity contribution >= 4 is 23.5 Å². The van der Waals surface area contributed by atoms with Crippen LogP contribution in [0.15, 0.2) is 29.7 Å². The Morgan fingerprint density at radius 1 is 1.33 bits per heavy atom. The number of aliphatic carboxylic acids is 1. The van der Waals surface area contributed by atoms with Gasteiger partial charge < -0.3 is 5.11 Å². The van der Waals surface area contributed by atoms with Crippen LogP contribution in [0.2, 0.25) is 0 Å². The molecule has 110 valence electrons. The Bertz CT molecular complexity index is 655. The number of aromatic amines is 1. The van der Waals surface area contributed by atoms with Gasteiger partial charge in [0.05, 0.1) is 0 Å². The molecule has 1 aromatic carbocycles. The van der Waals surface area contributed by atoms with Crippen LogP contribution >= 0.6 is 11.8 Å². The summed E-state index contributed by atoms with van der Waals surface area (Å²) in [7, 11) is 0. The molecule has 0 aliphatic carbocycles. The number of ketones is 1. The molecule has 0 fully saturated rings. The van der Waals surface area contributed by atoms with Crippen LogP contribution in [0.4, 0.5) is 0 Å². The zero-order valence-electron chi connectivity index (χ0n) is 11.7. The van der Waals surface area contributed by atoms with Crippen LogP contribution in [0.3, 0.4) is 0 Å². The van der Waals surface area contributed by atoms with Gasteiger partial charge in [0.1, 0.15) is 11.6 Å². The van der Waals surface area contributed by atoms with E-state index >= 15 is 0 Å². The summed E-state index contributed by atoms with van der Waals surface area (Å²) in [5, 5.41) is 15.0. The number of aryl methyl sites for hydroxylation is 2. The van der Waals surface area contributed by atoms with Crippen molar-refractivity contribution in [1.82, 2.24) is 15.2 Å². The number of carbonyl (C=O) groups is 2. The maximum Gasteiger partial charge on any atom is 0.317 e. The number of Topliss-reactive ketones (excluding diaryl/α,β-unsaturated/α-hetero) is 1. The molecule has 2 aromatic rings. The number of hydrogen-bond acceptors (Lipinski definition) is 5. The smallest absolute Gasteiger partial charge is 0.317 e. The molecule has 0 aliphatic heterocycles. The van der Waals surface area contributed by atoms with Gasteiger partial charge in [0.15, 0.2) is 10.9 Å². The number of carboxylic acids is 1. The first kappa shape index (κ1) is 15.2. The van der Waals surface area contributed by atoms with Crippen LogP contribution in [-0.2, 0) is 4.79 Å². The van der Waals surface area contributed by atoms with Gasteiger partial charge in [0, 0.05) is 12.0 Å². The summed E-state index contributed by atoms with van der Waals surface area (Å²) in [6.45, 7) is 3.88. The number of hydrogen-bond donors (Lipinski definition) is 2. The molecule has 1 aromatic heterocycles. The summed E-state index contributed by atoms with van der Waals surface area (Å²) < 4.78 is 0. The van der Waals surface area contributed by atoms with Gasteiger partial charge in [-0.25, -0.2) is 4.98 Å². The number of H-pyrrole nitrogens is 1. The third-order valence-corrected chi connectivity index (χ3v) is 4.19. The van der Waals surface area contributed by atoms with Crippen molar-refractivity contribution in [3.63, 3.8) is 0 Å². The highest BCUT2D eigenvalue weighted by Gasteiger charge is 2.24. The van der Waals surface area contributed by atoms with Crippen LogP contribution in [-0.4, -0.2) is 37.3 Å². The summed E-state index contributed by atoms with van der Waals surface area (Å²) in [5.74, 6) is -1.24. The SMILES string of the molecule is Cc1ccc(C(=O)CC(Sc2ncn[nH]2)C(=O)O)cc1C. The van der Waals surface area contributed by atoms with E-state index in [1.165, 1.54) is 6.33 Å².